The Bertz CT molecular complexity index is 1510. The lowest BCUT2D eigenvalue weighted by atomic mass is 10.1. The Balaban J connectivity index is 1.31. The smallest absolute Gasteiger partial charge is 0.340 e. The first-order chi connectivity index (χ1) is 17.4. The quantitative estimate of drug-likeness (QED) is 0.394. The minimum atomic E-state index is -0.669. The number of fused-ring (bicyclic) bond motifs is 2. The maximum absolute atomic E-state index is 14.5. The normalized spacial score (nSPS) is 11.8. The molecule has 0 saturated heterocycles. The molecule has 182 valence electrons. The number of nitrogens with zero attached hydrogens (tertiary/aromatic N) is 1. The lowest BCUT2D eigenvalue weighted by molar-refractivity contribution is -0.116. The molecule has 10 heteroatoms. The van der Waals surface area contributed by atoms with Gasteiger partial charge in [0.1, 0.15) is 12.4 Å². The predicted octanol–water partition coefficient (Wildman–Crippen LogP) is 4.19. The number of anilines is 2. The maximum Gasteiger partial charge on any atom is 0.340 e. The second-order valence-electron chi connectivity index (χ2n) is 7.94. The number of amides is 2. The van der Waals surface area contributed by atoms with E-state index in [0.29, 0.717) is 33.5 Å². The van der Waals surface area contributed by atoms with Crippen molar-refractivity contribution in [3.63, 3.8) is 0 Å². The number of hydrogen-bond donors (Lipinski definition) is 2. The SMILES string of the molecule is COC(=O)c1cn(CC(=O)Nc2cc(NC(=O)c3ccc4c(c3)OCO4)ccc2F)c2ccccc12. The molecule has 0 aliphatic carbocycles. The fourth-order valence-corrected chi connectivity index (χ4v) is 3.93. The molecule has 0 fully saturated rings. The van der Waals surface area contributed by atoms with Crippen molar-refractivity contribution in [2.45, 2.75) is 6.54 Å². The molecule has 1 aliphatic heterocycles. The van der Waals surface area contributed by atoms with Crippen LogP contribution >= 0.6 is 0 Å². The molecule has 5 rings (SSSR count). The van der Waals surface area contributed by atoms with Crippen molar-refractivity contribution in [3.8, 4) is 11.5 Å². The van der Waals surface area contributed by atoms with Gasteiger partial charge in [-0.2, -0.15) is 0 Å². The molecule has 9 nitrogen and oxygen atoms in total. The van der Waals surface area contributed by atoms with E-state index < -0.39 is 23.6 Å². The van der Waals surface area contributed by atoms with Crippen LogP contribution in [-0.2, 0) is 16.1 Å². The van der Waals surface area contributed by atoms with Gasteiger partial charge in [0.2, 0.25) is 12.7 Å². The first-order valence-corrected chi connectivity index (χ1v) is 10.9. The molecule has 0 bridgehead atoms. The molecule has 36 heavy (non-hydrogen) atoms. The Morgan fingerprint density at radius 2 is 1.81 bits per heavy atom. The molecule has 0 unspecified atom stereocenters. The number of para-hydroxylation sites is 1. The highest BCUT2D eigenvalue weighted by atomic mass is 19.1. The summed E-state index contributed by atoms with van der Waals surface area (Å²) >= 11 is 0. The second-order valence-corrected chi connectivity index (χ2v) is 7.94. The predicted molar refractivity (Wildman–Crippen MR) is 129 cm³/mol. The number of halogens is 1. The molecular formula is C26H20FN3O6. The third kappa shape index (κ3) is 4.43. The van der Waals surface area contributed by atoms with E-state index in [-0.39, 0.29) is 24.7 Å². The fraction of sp³-hybridized carbons (Fsp3) is 0.115. The molecule has 4 aromatic rings. The van der Waals surface area contributed by atoms with E-state index in [1.165, 1.54) is 25.4 Å². The van der Waals surface area contributed by atoms with Crippen molar-refractivity contribution in [3.05, 3.63) is 83.8 Å². The molecule has 0 spiro atoms. The highest BCUT2D eigenvalue weighted by Gasteiger charge is 2.19. The van der Waals surface area contributed by atoms with Crippen LogP contribution in [0.25, 0.3) is 10.9 Å². The molecule has 2 amide bonds. The van der Waals surface area contributed by atoms with Gasteiger partial charge in [0, 0.05) is 28.4 Å². The van der Waals surface area contributed by atoms with Crippen LogP contribution in [0.2, 0.25) is 0 Å². The van der Waals surface area contributed by atoms with Crippen molar-refractivity contribution < 1.29 is 33.0 Å². The summed E-state index contributed by atoms with van der Waals surface area (Å²) in [6.45, 7) is -0.0883. The van der Waals surface area contributed by atoms with Crippen molar-refractivity contribution in [2.75, 3.05) is 24.5 Å². The summed E-state index contributed by atoms with van der Waals surface area (Å²) in [6, 6.07) is 15.7. The molecule has 2 heterocycles. The third-order valence-corrected chi connectivity index (χ3v) is 5.64. The first-order valence-electron chi connectivity index (χ1n) is 10.9. The van der Waals surface area contributed by atoms with E-state index in [9.17, 15) is 18.8 Å². The van der Waals surface area contributed by atoms with Gasteiger partial charge in [-0.3, -0.25) is 9.59 Å². The van der Waals surface area contributed by atoms with Crippen LogP contribution in [0.1, 0.15) is 20.7 Å². The topological polar surface area (TPSA) is 108 Å². The summed E-state index contributed by atoms with van der Waals surface area (Å²) < 4.78 is 31.4. The third-order valence-electron chi connectivity index (χ3n) is 5.64. The number of aromatic nitrogens is 1. The largest absolute Gasteiger partial charge is 0.465 e. The molecule has 0 atom stereocenters. The molecule has 0 saturated carbocycles. The van der Waals surface area contributed by atoms with Gasteiger partial charge in [-0.1, -0.05) is 18.2 Å². The van der Waals surface area contributed by atoms with Crippen LogP contribution in [0.3, 0.4) is 0 Å². The summed E-state index contributed by atoms with van der Waals surface area (Å²) in [5, 5.41) is 5.84. The number of rotatable bonds is 6. The van der Waals surface area contributed by atoms with Gasteiger partial charge < -0.3 is 29.4 Å². The van der Waals surface area contributed by atoms with E-state index in [1.807, 2.05) is 0 Å². The molecule has 1 aromatic heterocycles. The molecule has 3 aromatic carbocycles. The number of carbonyl (C=O) groups is 3. The number of benzene rings is 3. The molecule has 1 aliphatic rings. The highest BCUT2D eigenvalue weighted by Crippen LogP contribution is 2.33. The van der Waals surface area contributed by atoms with E-state index >= 15 is 0 Å². The Morgan fingerprint density at radius 3 is 2.64 bits per heavy atom. The molecule has 2 N–H and O–H groups in total. The number of esters is 1. The highest BCUT2D eigenvalue weighted by molar-refractivity contribution is 6.06. The van der Waals surface area contributed by atoms with E-state index in [1.54, 1.807) is 47.0 Å². The summed E-state index contributed by atoms with van der Waals surface area (Å²) in [7, 11) is 1.28. The van der Waals surface area contributed by atoms with Gasteiger partial charge in [0.15, 0.2) is 11.5 Å². The average molecular weight is 489 g/mol. The summed E-state index contributed by atoms with van der Waals surface area (Å²) in [4.78, 5) is 37.5. The fourth-order valence-electron chi connectivity index (χ4n) is 3.93. The van der Waals surface area contributed by atoms with E-state index in [0.717, 1.165) is 6.07 Å². The van der Waals surface area contributed by atoms with Crippen LogP contribution in [0.15, 0.2) is 66.9 Å². The van der Waals surface area contributed by atoms with Crippen LogP contribution in [0.4, 0.5) is 15.8 Å². The van der Waals surface area contributed by atoms with Crippen LogP contribution < -0.4 is 20.1 Å². The van der Waals surface area contributed by atoms with Gasteiger partial charge >= 0.3 is 5.97 Å². The Hall–Kier alpha value is -4.86. The zero-order valence-corrected chi connectivity index (χ0v) is 19.0. The van der Waals surface area contributed by atoms with Gasteiger partial charge in [0.25, 0.3) is 5.91 Å². The van der Waals surface area contributed by atoms with Crippen LogP contribution in [-0.4, -0.2) is 36.3 Å². The Morgan fingerprint density at radius 1 is 1.00 bits per heavy atom. The second kappa shape index (κ2) is 9.41. The van der Waals surface area contributed by atoms with Gasteiger partial charge in [0.05, 0.1) is 18.4 Å². The minimum absolute atomic E-state index is 0.0875. The van der Waals surface area contributed by atoms with Gasteiger partial charge in [-0.15, -0.1) is 0 Å². The monoisotopic (exact) mass is 489 g/mol. The van der Waals surface area contributed by atoms with Gasteiger partial charge in [-0.05, 0) is 42.5 Å². The van der Waals surface area contributed by atoms with Gasteiger partial charge in [-0.25, -0.2) is 9.18 Å². The molecule has 0 radical (unpaired) electrons. The van der Waals surface area contributed by atoms with E-state index in [4.69, 9.17) is 14.2 Å². The van der Waals surface area contributed by atoms with Crippen molar-refractivity contribution in [1.29, 1.82) is 0 Å². The summed E-state index contributed by atoms with van der Waals surface area (Å²) in [5.74, 6) is -1.15. The number of ether oxygens (including phenoxy) is 3. The number of nitrogens with one attached hydrogen (secondary N) is 2. The van der Waals surface area contributed by atoms with Crippen LogP contribution in [0.5, 0.6) is 11.5 Å². The lowest BCUT2D eigenvalue weighted by Gasteiger charge is -2.11. The average Bonchev–Trinajstić information content (AvgIpc) is 3.50. The van der Waals surface area contributed by atoms with Crippen molar-refractivity contribution >= 4 is 40.1 Å². The number of carbonyl (C=O) groups excluding carboxylic acids is 3. The van der Waals surface area contributed by atoms with Crippen molar-refractivity contribution in [1.82, 2.24) is 4.57 Å². The Kier molecular flexibility index (Phi) is 5.99. The van der Waals surface area contributed by atoms with E-state index in [2.05, 4.69) is 10.6 Å². The number of methoxy groups -OCH3 is 1. The minimum Gasteiger partial charge on any atom is -0.465 e. The van der Waals surface area contributed by atoms with Crippen molar-refractivity contribution in [2.24, 2.45) is 0 Å². The lowest BCUT2D eigenvalue weighted by Crippen LogP contribution is -2.19. The summed E-state index contributed by atoms with van der Waals surface area (Å²) in [5.41, 5.74) is 1.48. The molecular weight excluding hydrogens is 469 g/mol. The zero-order valence-electron chi connectivity index (χ0n) is 19.0. The number of hydrogen-bond acceptors (Lipinski definition) is 6. The Labute approximate surface area is 204 Å². The standard InChI is InChI=1S/C26H20FN3O6/c1-34-26(33)18-12-30(21-5-3-2-4-17(18)21)13-24(31)29-20-11-16(7-8-19(20)27)28-25(32)15-6-9-22-23(10-15)36-14-35-22/h2-12H,13-14H2,1H3,(H,28,32)(H,29,31). The van der Waals surface area contributed by atoms with Crippen LogP contribution in [0, 0.1) is 5.82 Å². The maximum atomic E-state index is 14.5. The zero-order chi connectivity index (χ0) is 25.2. The summed E-state index contributed by atoms with van der Waals surface area (Å²) in [6.07, 6.45) is 1.52. The first kappa shape index (κ1) is 22.9.